The second-order valence-electron chi connectivity index (χ2n) is 10.8. The van der Waals surface area contributed by atoms with E-state index in [1.807, 2.05) is 0 Å². The maximum absolute atomic E-state index is 14.7. The highest BCUT2D eigenvalue weighted by Gasteiger charge is 2.41. The van der Waals surface area contributed by atoms with Crippen LogP contribution in [0.5, 0.6) is 5.75 Å². The number of rotatable bonds is 7. The van der Waals surface area contributed by atoms with Crippen LogP contribution in [-0.2, 0) is 16.6 Å². The van der Waals surface area contributed by atoms with Crippen LogP contribution in [0.3, 0.4) is 0 Å². The van der Waals surface area contributed by atoms with Gasteiger partial charge in [0.1, 0.15) is 11.7 Å². The number of nitrogens with zero attached hydrogens (tertiary/aromatic N) is 5. The number of hydrogen-bond acceptors (Lipinski definition) is 9. The smallest absolute Gasteiger partial charge is 0.291 e. The standard InChI is InChI=1S/C30H30Cl2FN7O5.CH2O2/c1-38-22(20-4-5-23(45-15-8-34)25(33)24(20)32)17-36-26(38)27(41)37-18-2-3-19(21(31)16-18)28(42)39-11-13-40(14-12-39)29(43)30(44)6-9-35-10-7-30;2-1-3/h2-5,16-17,35,44H,6-7,9-15H2,1H3,(H,37,41);1H,(H,2,3). The van der Waals surface area contributed by atoms with E-state index in [1.165, 1.54) is 35.0 Å². The van der Waals surface area contributed by atoms with Crippen molar-refractivity contribution in [3.05, 3.63) is 63.8 Å². The van der Waals surface area contributed by atoms with Crippen molar-refractivity contribution in [2.24, 2.45) is 7.05 Å². The van der Waals surface area contributed by atoms with Gasteiger partial charge in [-0.15, -0.1) is 0 Å². The van der Waals surface area contributed by atoms with E-state index < -0.39 is 17.3 Å². The number of halogens is 3. The Hall–Kier alpha value is -4.75. The number of aliphatic hydroxyl groups is 1. The average Bonchev–Trinajstić information content (AvgIpc) is 3.46. The molecule has 2 saturated heterocycles. The molecular weight excluding hydrogens is 672 g/mol. The molecule has 0 aliphatic carbocycles. The molecule has 0 radical (unpaired) electrons. The van der Waals surface area contributed by atoms with Crippen molar-refractivity contribution in [1.82, 2.24) is 24.7 Å². The van der Waals surface area contributed by atoms with E-state index in [-0.39, 0.29) is 57.6 Å². The van der Waals surface area contributed by atoms with Gasteiger partial charge in [0, 0.05) is 44.5 Å². The molecule has 48 heavy (non-hydrogen) atoms. The minimum Gasteiger partial charge on any atom is -0.483 e. The first-order chi connectivity index (χ1) is 22.9. The normalized spacial score (nSPS) is 15.4. The summed E-state index contributed by atoms with van der Waals surface area (Å²) < 4.78 is 21.2. The summed E-state index contributed by atoms with van der Waals surface area (Å²) in [5.41, 5.74) is -0.181. The fourth-order valence-corrected chi connectivity index (χ4v) is 5.92. The van der Waals surface area contributed by atoms with Crippen molar-refractivity contribution in [2.45, 2.75) is 18.4 Å². The highest BCUT2D eigenvalue weighted by Crippen LogP contribution is 2.35. The number of ether oxygens (including phenoxy) is 1. The van der Waals surface area contributed by atoms with Gasteiger partial charge in [0.15, 0.2) is 24.0 Å². The van der Waals surface area contributed by atoms with Gasteiger partial charge < -0.3 is 40.0 Å². The maximum atomic E-state index is 14.7. The van der Waals surface area contributed by atoms with Crippen LogP contribution in [0.4, 0.5) is 10.1 Å². The Kier molecular flexibility index (Phi) is 12.0. The number of aromatic nitrogens is 2. The fourth-order valence-electron chi connectivity index (χ4n) is 5.41. The van der Waals surface area contributed by atoms with E-state index in [2.05, 4.69) is 15.6 Å². The summed E-state index contributed by atoms with van der Waals surface area (Å²) in [4.78, 5) is 55.0. The number of hydrogen-bond donors (Lipinski definition) is 4. The Morgan fingerprint density at radius 3 is 2.42 bits per heavy atom. The Labute approximate surface area is 284 Å². The predicted molar refractivity (Wildman–Crippen MR) is 172 cm³/mol. The first kappa shape index (κ1) is 36.1. The quantitative estimate of drug-likeness (QED) is 0.266. The molecule has 0 atom stereocenters. The monoisotopic (exact) mass is 703 g/mol. The third-order valence-electron chi connectivity index (χ3n) is 7.95. The molecule has 3 heterocycles. The molecule has 5 rings (SSSR count). The molecule has 2 aliphatic heterocycles. The molecule has 254 valence electrons. The molecule has 0 spiro atoms. The van der Waals surface area contributed by atoms with Gasteiger partial charge in [0.25, 0.3) is 24.2 Å². The Bertz CT molecular complexity index is 1730. The summed E-state index contributed by atoms with van der Waals surface area (Å²) >= 11 is 12.7. The zero-order valence-corrected chi connectivity index (χ0v) is 27.2. The molecule has 2 aliphatic rings. The Morgan fingerprint density at radius 2 is 1.79 bits per heavy atom. The van der Waals surface area contributed by atoms with Crippen molar-refractivity contribution in [3.8, 4) is 23.1 Å². The Balaban J connectivity index is 0.00000167. The third-order valence-corrected chi connectivity index (χ3v) is 8.63. The van der Waals surface area contributed by atoms with E-state index in [0.29, 0.717) is 63.5 Å². The van der Waals surface area contributed by atoms with Gasteiger partial charge in [-0.1, -0.05) is 23.2 Å². The number of anilines is 1. The number of imidazole rings is 1. The zero-order valence-electron chi connectivity index (χ0n) is 25.7. The molecule has 3 aromatic rings. The van der Waals surface area contributed by atoms with Crippen LogP contribution in [0, 0.1) is 17.1 Å². The van der Waals surface area contributed by atoms with Gasteiger partial charge in [0.05, 0.1) is 27.5 Å². The van der Waals surface area contributed by atoms with Gasteiger partial charge in [-0.3, -0.25) is 19.2 Å². The predicted octanol–water partition coefficient (Wildman–Crippen LogP) is 2.79. The lowest BCUT2D eigenvalue weighted by Gasteiger charge is -2.40. The second kappa shape index (κ2) is 15.9. The van der Waals surface area contributed by atoms with E-state index in [4.69, 9.17) is 43.1 Å². The van der Waals surface area contributed by atoms with Gasteiger partial charge in [-0.2, -0.15) is 5.26 Å². The van der Waals surface area contributed by atoms with Gasteiger partial charge in [-0.25, -0.2) is 9.37 Å². The van der Waals surface area contributed by atoms with Crippen molar-refractivity contribution in [1.29, 1.82) is 5.26 Å². The lowest BCUT2D eigenvalue weighted by molar-refractivity contribution is -0.155. The van der Waals surface area contributed by atoms with Crippen molar-refractivity contribution >= 4 is 53.1 Å². The number of carboxylic acid groups (broad SMARTS) is 1. The van der Waals surface area contributed by atoms with Gasteiger partial charge >= 0.3 is 0 Å². The first-order valence-corrected chi connectivity index (χ1v) is 15.4. The highest BCUT2D eigenvalue weighted by atomic mass is 35.5. The molecule has 2 aromatic carbocycles. The number of piperazine rings is 1. The first-order valence-electron chi connectivity index (χ1n) is 14.7. The number of benzene rings is 2. The van der Waals surface area contributed by atoms with Crippen LogP contribution in [0.15, 0.2) is 36.5 Å². The topological polar surface area (TPSA) is 190 Å². The molecule has 2 fully saturated rings. The minimum absolute atomic E-state index is 0.00382. The molecule has 0 unspecified atom stereocenters. The van der Waals surface area contributed by atoms with E-state index in [0.717, 1.165) is 0 Å². The number of nitriles is 1. The maximum Gasteiger partial charge on any atom is 0.291 e. The van der Waals surface area contributed by atoms with Crippen LogP contribution < -0.4 is 15.4 Å². The van der Waals surface area contributed by atoms with E-state index in [9.17, 15) is 23.9 Å². The average molecular weight is 705 g/mol. The largest absolute Gasteiger partial charge is 0.483 e. The lowest BCUT2D eigenvalue weighted by Crippen LogP contribution is -2.59. The van der Waals surface area contributed by atoms with Crippen molar-refractivity contribution < 1.29 is 38.5 Å². The number of carbonyl (C=O) groups excluding carboxylic acids is 3. The molecule has 3 amide bonds. The van der Waals surface area contributed by atoms with Gasteiger partial charge in [0.2, 0.25) is 0 Å². The molecule has 0 saturated carbocycles. The molecule has 1 aromatic heterocycles. The molecule has 17 heteroatoms. The van der Waals surface area contributed by atoms with Crippen LogP contribution >= 0.6 is 23.2 Å². The van der Waals surface area contributed by atoms with E-state index in [1.54, 1.807) is 29.0 Å². The fraction of sp³-hybridized carbons (Fsp3) is 0.355. The SMILES string of the molecule is Cn1c(-c2ccc(OCC#N)c(F)c2Cl)cnc1C(=O)Nc1ccc(C(=O)N2CCN(C(=O)C3(O)CCNCC3)CC2)c(Cl)c1.O=CO. The van der Waals surface area contributed by atoms with Crippen LogP contribution in [0.25, 0.3) is 11.3 Å². The lowest BCUT2D eigenvalue weighted by atomic mass is 9.90. The van der Waals surface area contributed by atoms with Crippen molar-refractivity contribution in [2.75, 3.05) is 51.2 Å². The second-order valence-corrected chi connectivity index (χ2v) is 11.6. The number of piperidine rings is 1. The summed E-state index contributed by atoms with van der Waals surface area (Å²) in [6, 6.07) is 9.10. The zero-order chi connectivity index (χ0) is 35.0. The summed E-state index contributed by atoms with van der Waals surface area (Å²) in [6.07, 6.45) is 2.08. The summed E-state index contributed by atoms with van der Waals surface area (Å²) in [5, 5.41) is 32.0. The number of carbonyl (C=O) groups is 4. The van der Waals surface area contributed by atoms with Crippen molar-refractivity contribution in [3.63, 3.8) is 0 Å². The highest BCUT2D eigenvalue weighted by molar-refractivity contribution is 6.34. The summed E-state index contributed by atoms with van der Waals surface area (Å²) in [7, 11) is 1.57. The van der Waals surface area contributed by atoms with Crippen LogP contribution in [0.1, 0.15) is 33.8 Å². The molecule has 14 nitrogen and oxygen atoms in total. The van der Waals surface area contributed by atoms with Crippen LogP contribution in [0.2, 0.25) is 10.0 Å². The van der Waals surface area contributed by atoms with Crippen LogP contribution in [-0.4, -0.2) is 105 Å². The molecule has 4 N–H and O–H groups in total. The molecular formula is C31H32Cl2FN7O7. The number of nitrogens with one attached hydrogen (secondary N) is 2. The molecule has 0 bridgehead atoms. The summed E-state index contributed by atoms with van der Waals surface area (Å²) in [5.74, 6) is -2.21. The minimum atomic E-state index is -1.37. The third kappa shape index (κ3) is 7.85. The Morgan fingerprint density at radius 1 is 1.15 bits per heavy atom. The van der Waals surface area contributed by atoms with E-state index >= 15 is 0 Å². The number of amides is 3. The van der Waals surface area contributed by atoms with Gasteiger partial charge in [-0.05, 0) is 56.3 Å². The summed E-state index contributed by atoms with van der Waals surface area (Å²) in [6.45, 7) is 1.74.